The summed E-state index contributed by atoms with van der Waals surface area (Å²) in [6, 6.07) is 12.3. The molecule has 0 spiro atoms. The van der Waals surface area contributed by atoms with Gasteiger partial charge in [-0.3, -0.25) is 0 Å². The minimum atomic E-state index is -0.806. The van der Waals surface area contributed by atoms with Gasteiger partial charge in [0.2, 0.25) is 0 Å². The third kappa shape index (κ3) is 3.38. The van der Waals surface area contributed by atoms with E-state index < -0.39 is 11.6 Å². The Hall–Kier alpha value is -1.39. The molecular formula is C16H17F2NS. The molecule has 106 valence electrons. The summed E-state index contributed by atoms with van der Waals surface area (Å²) in [7, 11) is 1.88. The molecule has 0 aliphatic carbocycles. The summed E-state index contributed by atoms with van der Waals surface area (Å²) in [5, 5.41) is 3.25. The van der Waals surface area contributed by atoms with Crippen LogP contribution < -0.4 is 5.32 Å². The second-order valence-electron chi connectivity index (χ2n) is 4.54. The molecule has 2 aromatic carbocycles. The van der Waals surface area contributed by atoms with Crippen molar-refractivity contribution >= 4 is 11.8 Å². The highest BCUT2D eigenvalue weighted by Crippen LogP contribution is 2.28. The lowest BCUT2D eigenvalue weighted by molar-refractivity contribution is 0.504. The fourth-order valence-electron chi connectivity index (χ4n) is 2.22. The first-order chi connectivity index (χ1) is 9.65. The summed E-state index contributed by atoms with van der Waals surface area (Å²) in [6.45, 7) is 0. The van der Waals surface area contributed by atoms with Gasteiger partial charge >= 0.3 is 0 Å². The molecule has 0 fully saturated rings. The molecule has 2 aromatic rings. The Kier molecular flexibility index (Phi) is 5.15. The first-order valence-corrected chi connectivity index (χ1v) is 7.62. The zero-order valence-electron chi connectivity index (χ0n) is 11.5. The first kappa shape index (κ1) is 15.0. The van der Waals surface area contributed by atoms with E-state index in [9.17, 15) is 8.78 Å². The van der Waals surface area contributed by atoms with Crippen LogP contribution in [0.3, 0.4) is 0 Å². The van der Waals surface area contributed by atoms with E-state index in [2.05, 4.69) is 17.4 Å². The van der Waals surface area contributed by atoms with Crippen molar-refractivity contribution in [2.75, 3.05) is 13.3 Å². The lowest BCUT2D eigenvalue weighted by Gasteiger charge is -2.19. The molecule has 0 aliphatic rings. The number of nitrogens with one attached hydrogen (secondary N) is 1. The second kappa shape index (κ2) is 6.86. The molecule has 0 radical (unpaired) electrons. The Morgan fingerprint density at radius 2 is 1.85 bits per heavy atom. The molecule has 0 aliphatic heterocycles. The molecule has 20 heavy (non-hydrogen) atoms. The fraction of sp³-hybridized carbons (Fsp3) is 0.250. The highest BCUT2D eigenvalue weighted by molar-refractivity contribution is 7.98. The van der Waals surface area contributed by atoms with Crippen LogP contribution in [0.2, 0.25) is 0 Å². The van der Waals surface area contributed by atoms with Gasteiger partial charge in [-0.05, 0) is 49.1 Å². The summed E-state index contributed by atoms with van der Waals surface area (Å²) >= 11 is 1.68. The van der Waals surface area contributed by atoms with Gasteiger partial charge in [-0.25, -0.2) is 8.78 Å². The number of thioether (sulfide) groups is 1. The summed E-state index contributed by atoms with van der Waals surface area (Å²) in [4.78, 5) is 1.19. The molecule has 1 nitrogen and oxygen atoms in total. The van der Waals surface area contributed by atoms with Gasteiger partial charge in [-0.15, -0.1) is 11.8 Å². The first-order valence-electron chi connectivity index (χ1n) is 6.39. The van der Waals surface area contributed by atoms with Crippen LogP contribution in [0.25, 0.3) is 0 Å². The van der Waals surface area contributed by atoms with E-state index in [0.29, 0.717) is 6.42 Å². The molecule has 0 amide bonds. The van der Waals surface area contributed by atoms with E-state index in [-0.39, 0.29) is 6.04 Å². The monoisotopic (exact) mass is 293 g/mol. The molecule has 2 rings (SSSR count). The Balaban J connectivity index is 2.26. The van der Waals surface area contributed by atoms with Crippen molar-refractivity contribution in [3.63, 3.8) is 0 Å². The van der Waals surface area contributed by atoms with E-state index in [4.69, 9.17) is 0 Å². The van der Waals surface area contributed by atoms with Crippen molar-refractivity contribution in [1.29, 1.82) is 0 Å². The maximum absolute atomic E-state index is 13.3. The maximum atomic E-state index is 13.3. The predicted octanol–water partition coefficient (Wildman–Crippen LogP) is 4.19. The number of rotatable bonds is 5. The van der Waals surface area contributed by atoms with Crippen molar-refractivity contribution < 1.29 is 8.78 Å². The average Bonchev–Trinajstić information content (AvgIpc) is 2.48. The van der Waals surface area contributed by atoms with Gasteiger partial charge in [0.25, 0.3) is 0 Å². The molecule has 1 atom stereocenters. The normalized spacial score (nSPS) is 12.4. The minimum Gasteiger partial charge on any atom is -0.313 e. The smallest absolute Gasteiger partial charge is 0.159 e. The number of hydrogen-bond donors (Lipinski definition) is 1. The van der Waals surface area contributed by atoms with Gasteiger partial charge < -0.3 is 5.32 Å². The number of hydrogen-bond acceptors (Lipinski definition) is 2. The zero-order valence-corrected chi connectivity index (χ0v) is 12.3. The molecular weight excluding hydrogens is 276 g/mol. The molecule has 0 heterocycles. The van der Waals surface area contributed by atoms with E-state index in [1.165, 1.54) is 22.6 Å². The maximum Gasteiger partial charge on any atom is 0.159 e. The summed E-state index contributed by atoms with van der Waals surface area (Å²) in [6.07, 6.45) is 2.65. The third-order valence-corrected chi connectivity index (χ3v) is 4.10. The lowest BCUT2D eigenvalue weighted by atomic mass is 9.99. The molecule has 1 unspecified atom stereocenters. The minimum absolute atomic E-state index is 0.0727. The number of likely N-dealkylation sites (N-methyl/N-ethyl adjacent to an activating group) is 1. The Labute approximate surface area is 122 Å². The zero-order chi connectivity index (χ0) is 14.5. The largest absolute Gasteiger partial charge is 0.313 e. The van der Waals surface area contributed by atoms with Gasteiger partial charge in [0.15, 0.2) is 11.6 Å². The van der Waals surface area contributed by atoms with Crippen LogP contribution in [0.4, 0.5) is 8.78 Å². The van der Waals surface area contributed by atoms with Crippen LogP contribution in [0, 0.1) is 11.6 Å². The van der Waals surface area contributed by atoms with Crippen LogP contribution in [-0.2, 0) is 6.42 Å². The topological polar surface area (TPSA) is 12.0 Å². The highest BCUT2D eigenvalue weighted by Gasteiger charge is 2.14. The van der Waals surface area contributed by atoms with Gasteiger partial charge in [0, 0.05) is 10.9 Å². The molecule has 0 aromatic heterocycles. The highest BCUT2D eigenvalue weighted by atomic mass is 32.2. The van der Waals surface area contributed by atoms with Crippen LogP contribution in [0.1, 0.15) is 17.2 Å². The average molecular weight is 293 g/mol. The van der Waals surface area contributed by atoms with E-state index >= 15 is 0 Å². The Morgan fingerprint density at radius 3 is 2.50 bits per heavy atom. The third-order valence-electron chi connectivity index (χ3n) is 3.29. The van der Waals surface area contributed by atoms with Crippen molar-refractivity contribution in [2.24, 2.45) is 0 Å². The molecule has 1 N–H and O–H groups in total. The Bertz CT molecular complexity index is 586. The molecule has 4 heteroatoms. The summed E-state index contributed by atoms with van der Waals surface area (Å²) in [5.74, 6) is -1.60. The van der Waals surface area contributed by atoms with Crippen molar-refractivity contribution in [1.82, 2.24) is 5.32 Å². The van der Waals surface area contributed by atoms with Crippen LogP contribution in [-0.4, -0.2) is 13.3 Å². The lowest BCUT2D eigenvalue weighted by Crippen LogP contribution is -2.19. The molecule has 0 bridgehead atoms. The van der Waals surface area contributed by atoms with Gasteiger partial charge in [0.1, 0.15) is 0 Å². The van der Waals surface area contributed by atoms with Gasteiger partial charge in [0.05, 0.1) is 0 Å². The standard InChI is InChI=1S/C16H17F2NS/c1-19-15(12-5-3-4-6-16(12)20-2)10-11-7-8-13(17)14(18)9-11/h3-9,15,19H,10H2,1-2H3. The number of halogens is 2. The molecule has 0 saturated heterocycles. The predicted molar refractivity (Wildman–Crippen MR) is 80.1 cm³/mol. The summed E-state index contributed by atoms with van der Waals surface area (Å²) in [5.41, 5.74) is 1.95. The van der Waals surface area contributed by atoms with Crippen molar-refractivity contribution in [3.8, 4) is 0 Å². The van der Waals surface area contributed by atoms with E-state index in [1.54, 1.807) is 17.8 Å². The van der Waals surface area contributed by atoms with Gasteiger partial charge in [-0.1, -0.05) is 24.3 Å². The van der Waals surface area contributed by atoms with E-state index in [1.807, 2.05) is 25.4 Å². The summed E-state index contributed by atoms with van der Waals surface area (Å²) < 4.78 is 26.2. The van der Waals surface area contributed by atoms with E-state index in [0.717, 1.165) is 5.56 Å². The fourth-order valence-corrected chi connectivity index (χ4v) is 2.88. The second-order valence-corrected chi connectivity index (χ2v) is 5.38. The molecule has 0 saturated carbocycles. The van der Waals surface area contributed by atoms with Crippen LogP contribution in [0.5, 0.6) is 0 Å². The van der Waals surface area contributed by atoms with Crippen molar-refractivity contribution in [2.45, 2.75) is 17.4 Å². The van der Waals surface area contributed by atoms with Gasteiger partial charge in [-0.2, -0.15) is 0 Å². The SMILES string of the molecule is CNC(Cc1ccc(F)c(F)c1)c1ccccc1SC. The van der Waals surface area contributed by atoms with Crippen LogP contribution in [0.15, 0.2) is 47.4 Å². The quantitative estimate of drug-likeness (QED) is 0.830. The van der Waals surface area contributed by atoms with Crippen molar-refractivity contribution in [3.05, 3.63) is 65.2 Å². The number of benzene rings is 2. The van der Waals surface area contributed by atoms with Crippen LogP contribution >= 0.6 is 11.8 Å². The Morgan fingerprint density at radius 1 is 1.10 bits per heavy atom.